The Hall–Kier alpha value is -2.74. The van der Waals surface area contributed by atoms with Gasteiger partial charge >= 0.3 is 5.97 Å². The van der Waals surface area contributed by atoms with Crippen LogP contribution in [0.5, 0.6) is 0 Å². The number of aryl methyl sites for hydroxylation is 1. The van der Waals surface area contributed by atoms with E-state index in [-0.39, 0.29) is 17.6 Å². The second kappa shape index (κ2) is 8.10. The molecule has 148 valence electrons. The van der Waals surface area contributed by atoms with Crippen LogP contribution in [0.1, 0.15) is 34.8 Å². The second-order valence-corrected chi connectivity index (χ2v) is 7.95. The number of nitrogens with one attached hydrogen (secondary N) is 1. The topological polar surface area (TPSA) is 73.2 Å². The quantitative estimate of drug-likeness (QED) is 0.639. The van der Waals surface area contributed by atoms with E-state index >= 15 is 0 Å². The summed E-state index contributed by atoms with van der Waals surface area (Å²) in [5.74, 6) is -1.17. The molecule has 2 heterocycles. The molecule has 3 aromatic rings. The highest BCUT2D eigenvalue weighted by Gasteiger charge is 2.26. The molecule has 0 bridgehead atoms. The maximum Gasteiger partial charge on any atom is 0.328 e. The lowest BCUT2D eigenvalue weighted by Gasteiger charge is -2.19. The number of halogens is 1. The largest absolute Gasteiger partial charge is 0.467 e. The van der Waals surface area contributed by atoms with Gasteiger partial charge in [0, 0.05) is 5.39 Å². The summed E-state index contributed by atoms with van der Waals surface area (Å²) in [7, 11) is 1.30. The van der Waals surface area contributed by atoms with Crippen LogP contribution in [0.25, 0.3) is 10.2 Å². The minimum atomic E-state index is -0.709. The predicted molar refractivity (Wildman–Crippen MR) is 106 cm³/mol. The molecule has 1 atom stereocenters. The van der Waals surface area contributed by atoms with Crippen molar-refractivity contribution in [1.82, 2.24) is 15.1 Å². The van der Waals surface area contributed by atoms with E-state index in [2.05, 4.69) is 10.4 Å². The molecule has 3 rings (SSSR count). The number of rotatable bonds is 6. The van der Waals surface area contributed by atoms with E-state index in [1.165, 1.54) is 30.6 Å². The molecule has 0 saturated heterocycles. The number of esters is 1. The van der Waals surface area contributed by atoms with Crippen LogP contribution in [0, 0.1) is 18.7 Å². The molecule has 2 aromatic heterocycles. The Labute approximate surface area is 166 Å². The molecule has 0 radical (unpaired) electrons. The normalized spacial score (nSPS) is 12.4. The van der Waals surface area contributed by atoms with Crippen molar-refractivity contribution in [2.75, 3.05) is 7.11 Å². The Morgan fingerprint density at radius 3 is 2.57 bits per heavy atom. The van der Waals surface area contributed by atoms with Gasteiger partial charge in [-0.3, -0.25) is 9.48 Å². The number of benzene rings is 1. The third-order valence-electron chi connectivity index (χ3n) is 4.49. The van der Waals surface area contributed by atoms with Crippen molar-refractivity contribution in [3.05, 3.63) is 52.3 Å². The molecule has 0 unspecified atom stereocenters. The SMILES string of the molecule is COC(=O)[C@@H](NC(=O)c1cc2c(C)nn(Cc3ccc(F)cc3)c2s1)C(C)C. The Morgan fingerprint density at radius 2 is 1.96 bits per heavy atom. The van der Waals surface area contributed by atoms with Crippen LogP contribution < -0.4 is 5.32 Å². The van der Waals surface area contributed by atoms with Crippen LogP contribution in [-0.2, 0) is 16.1 Å². The number of fused-ring (bicyclic) bond motifs is 1. The average Bonchev–Trinajstić information content (AvgIpc) is 3.22. The van der Waals surface area contributed by atoms with Crippen molar-refractivity contribution >= 4 is 33.4 Å². The zero-order chi connectivity index (χ0) is 20.4. The Morgan fingerprint density at radius 1 is 1.29 bits per heavy atom. The fourth-order valence-electron chi connectivity index (χ4n) is 2.93. The predicted octanol–water partition coefficient (Wildman–Crippen LogP) is 3.52. The van der Waals surface area contributed by atoms with Crippen molar-refractivity contribution in [3.8, 4) is 0 Å². The van der Waals surface area contributed by atoms with Crippen LogP contribution in [-0.4, -0.2) is 34.8 Å². The number of aromatic nitrogens is 2. The molecule has 1 aromatic carbocycles. The molecule has 0 spiro atoms. The molecular formula is C20H22FN3O3S. The molecule has 0 aliphatic heterocycles. The zero-order valence-electron chi connectivity index (χ0n) is 16.2. The van der Waals surface area contributed by atoms with E-state index < -0.39 is 12.0 Å². The number of thiophene rings is 1. The van der Waals surface area contributed by atoms with Crippen molar-refractivity contribution in [2.45, 2.75) is 33.4 Å². The number of nitrogens with zero attached hydrogens (tertiary/aromatic N) is 2. The highest BCUT2D eigenvalue weighted by Crippen LogP contribution is 2.29. The third-order valence-corrected chi connectivity index (χ3v) is 5.63. The number of carbonyl (C=O) groups is 2. The van der Waals surface area contributed by atoms with E-state index in [1.807, 2.05) is 20.8 Å². The van der Waals surface area contributed by atoms with E-state index in [1.54, 1.807) is 22.9 Å². The highest BCUT2D eigenvalue weighted by molar-refractivity contribution is 7.20. The summed E-state index contributed by atoms with van der Waals surface area (Å²) in [5, 5.41) is 8.17. The number of carbonyl (C=O) groups excluding carboxylic acids is 2. The lowest BCUT2D eigenvalue weighted by Crippen LogP contribution is -2.44. The van der Waals surface area contributed by atoms with E-state index in [0.29, 0.717) is 11.4 Å². The van der Waals surface area contributed by atoms with Crippen molar-refractivity contribution in [2.24, 2.45) is 5.92 Å². The molecule has 0 saturated carbocycles. The Balaban J connectivity index is 1.86. The van der Waals surface area contributed by atoms with Gasteiger partial charge in [0.25, 0.3) is 5.91 Å². The molecule has 0 fully saturated rings. The fraction of sp³-hybridized carbons (Fsp3) is 0.350. The summed E-state index contributed by atoms with van der Waals surface area (Å²) in [4.78, 5) is 25.9. The smallest absolute Gasteiger partial charge is 0.328 e. The zero-order valence-corrected chi connectivity index (χ0v) is 17.0. The number of ether oxygens (including phenoxy) is 1. The first-order chi connectivity index (χ1) is 13.3. The van der Waals surface area contributed by atoms with E-state index in [9.17, 15) is 14.0 Å². The minimum absolute atomic E-state index is 0.0958. The van der Waals surface area contributed by atoms with Crippen LogP contribution in [0.2, 0.25) is 0 Å². The Bertz CT molecular complexity index is 1010. The first-order valence-electron chi connectivity index (χ1n) is 8.90. The number of methoxy groups -OCH3 is 1. The molecule has 0 aliphatic carbocycles. The average molecular weight is 403 g/mol. The van der Waals surface area contributed by atoms with Crippen LogP contribution in [0.15, 0.2) is 30.3 Å². The third kappa shape index (κ3) is 4.06. The van der Waals surface area contributed by atoms with Crippen LogP contribution in [0.3, 0.4) is 0 Å². The molecule has 1 N–H and O–H groups in total. The lowest BCUT2D eigenvalue weighted by molar-refractivity contribution is -0.144. The molecule has 6 nitrogen and oxygen atoms in total. The van der Waals surface area contributed by atoms with Crippen molar-refractivity contribution in [3.63, 3.8) is 0 Å². The van der Waals surface area contributed by atoms with Gasteiger partial charge < -0.3 is 10.1 Å². The summed E-state index contributed by atoms with van der Waals surface area (Å²) in [5.41, 5.74) is 1.72. The van der Waals surface area contributed by atoms with E-state index in [0.717, 1.165) is 21.5 Å². The van der Waals surface area contributed by atoms with Crippen molar-refractivity contribution in [1.29, 1.82) is 0 Å². The standard InChI is InChI=1S/C20H22FN3O3S/c1-11(2)17(20(26)27-4)22-18(25)16-9-15-12(3)23-24(19(15)28-16)10-13-5-7-14(21)8-6-13/h5-9,11,17H,10H2,1-4H3,(H,22,25)/t17-/m0/s1. The molecule has 0 aliphatic rings. The minimum Gasteiger partial charge on any atom is -0.467 e. The van der Waals surface area contributed by atoms with Gasteiger partial charge in [-0.25, -0.2) is 9.18 Å². The molecule has 1 amide bonds. The van der Waals surface area contributed by atoms with Crippen LogP contribution >= 0.6 is 11.3 Å². The highest BCUT2D eigenvalue weighted by atomic mass is 32.1. The first-order valence-corrected chi connectivity index (χ1v) is 9.72. The van der Waals surface area contributed by atoms with Gasteiger partial charge in [0.1, 0.15) is 16.7 Å². The van der Waals surface area contributed by atoms with Crippen LogP contribution in [0.4, 0.5) is 4.39 Å². The maximum atomic E-state index is 13.1. The lowest BCUT2D eigenvalue weighted by atomic mass is 10.0. The van der Waals surface area contributed by atoms with Gasteiger partial charge in [-0.2, -0.15) is 5.10 Å². The summed E-state index contributed by atoms with van der Waals surface area (Å²) in [6.45, 7) is 6.04. The Kier molecular flexibility index (Phi) is 5.79. The van der Waals surface area contributed by atoms with Gasteiger partial charge in [0.05, 0.1) is 24.2 Å². The monoisotopic (exact) mass is 403 g/mol. The van der Waals surface area contributed by atoms with Crippen molar-refractivity contribution < 1.29 is 18.7 Å². The number of amides is 1. The molecular weight excluding hydrogens is 381 g/mol. The summed E-state index contributed by atoms with van der Waals surface area (Å²) >= 11 is 1.31. The second-order valence-electron chi connectivity index (χ2n) is 6.92. The van der Waals surface area contributed by atoms with E-state index in [4.69, 9.17) is 4.74 Å². The van der Waals surface area contributed by atoms with Gasteiger partial charge in [-0.15, -0.1) is 11.3 Å². The summed E-state index contributed by atoms with van der Waals surface area (Å²) in [6, 6.07) is 7.32. The van der Waals surface area contributed by atoms with Gasteiger partial charge in [-0.1, -0.05) is 26.0 Å². The first kappa shape index (κ1) is 20.0. The number of hydrogen-bond acceptors (Lipinski definition) is 5. The fourth-order valence-corrected chi connectivity index (χ4v) is 4.00. The maximum absolute atomic E-state index is 13.1. The summed E-state index contributed by atoms with van der Waals surface area (Å²) < 4.78 is 19.7. The van der Waals surface area contributed by atoms with Gasteiger partial charge in [-0.05, 0) is 36.6 Å². The van der Waals surface area contributed by atoms with Gasteiger partial charge in [0.2, 0.25) is 0 Å². The molecule has 8 heteroatoms. The summed E-state index contributed by atoms with van der Waals surface area (Å²) in [6.07, 6.45) is 0. The van der Waals surface area contributed by atoms with Gasteiger partial charge in [0.15, 0.2) is 0 Å². The molecule has 28 heavy (non-hydrogen) atoms. The number of hydrogen-bond donors (Lipinski definition) is 1.